The van der Waals surface area contributed by atoms with Gasteiger partial charge in [-0.3, -0.25) is 0 Å². The lowest BCUT2D eigenvalue weighted by molar-refractivity contribution is 0.254. The lowest BCUT2D eigenvalue weighted by atomic mass is 9.50. The van der Waals surface area contributed by atoms with E-state index in [-0.39, 0.29) is 5.41 Å². The SMILES string of the molecule is C1=C[C@H]2[C@@H]1C=C1[C@@H]2[C@@H]2C(=C(c3ccccc3)c3ccccc3)[C@@H]([C@H]3C=C[C@H]32)C1(c1ccccc1)c1ccccc1. The van der Waals surface area contributed by atoms with Crippen molar-refractivity contribution < 1.29 is 0 Å². The molecule has 0 radical (unpaired) electrons. The van der Waals surface area contributed by atoms with Crippen LogP contribution in [0.1, 0.15) is 22.3 Å². The van der Waals surface area contributed by atoms with Crippen LogP contribution in [-0.2, 0) is 5.41 Å². The van der Waals surface area contributed by atoms with Gasteiger partial charge in [-0.15, -0.1) is 0 Å². The molecule has 0 aliphatic heterocycles. The first-order chi connectivity index (χ1) is 19.9. The van der Waals surface area contributed by atoms with Gasteiger partial charge in [-0.25, -0.2) is 0 Å². The van der Waals surface area contributed by atoms with E-state index in [0.717, 1.165) is 0 Å². The first-order valence-electron chi connectivity index (χ1n) is 14.9. The summed E-state index contributed by atoms with van der Waals surface area (Å²) in [5.41, 5.74) is 10.2. The molecule has 2 fully saturated rings. The van der Waals surface area contributed by atoms with Gasteiger partial charge in [-0.05, 0) is 57.4 Å². The first-order valence-corrected chi connectivity index (χ1v) is 14.9. The lowest BCUT2D eigenvalue weighted by Gasteiger charge is -2.52. The molecule has 4 aromatic rings. The molecule has 2 bridgehead atoms. The van der Waals surface area contributed by atoms with Gasteiger partial charge < -0.3 is 0 Å². The Hall–Kier alpha value is -4.16. The molecule has 4 aromatic carbocycles. The lowest BCUT2D eigenvalue weighted by Crippen LogP contribution is -2.47. The Morgan fingerprint density at radius 1 is 0.475 bits per heavy atom. The molecule has 0 amide bonds. The number of hydrogen-bond acceptors (Lipinski definition) is 0. The molecule has 0 heteroatoms. The third-order valence-corrected chi connectivity index (χ3v) is 10.8. The minimum absolute atomic E-state index is 0.197. The van der Waals surface area contributed by atoms with Gasteiger partial charge in [-0.2, -0.15) is 0 Å². The highest BCUT2D eigenvalue weighted by atomic mass is 14.7. The summed E-state index contributed by atoms with van der Waals surface area (Å²) in [7, 11) is 0. The molecule has 9 rings (SSSR count). The van der Waals surface area contributed by atoms with Crippen molar-refractivity contribution in [2.24, 2.45) is 41.4 Å². The van der Waals surface area contributed by atoms with Crippen LogP contribution in [-0.4, -0.2) is 0 Å². The van der Waals surface area contributed by atoms with E-state index in [4.69, 9.17) is 0 Å². The van der Waals surface area contributed by atoms with Crippen molar-refractivity contribution in [3.63, 3.8) is 0 Å². The molecule has 40 heavy (non-hydrogen) atoms. The van der Waals surface area contributed by atoms with Gasteiger partial charge in [0, 0.05) is 17.3 Å². The average molecular weight is 513 g/mol. The zero-order valence-electron chi connectivity index (χ0n) is 22.5. The van der Waals surface area contributed by atoms with E-state index in [9.17, 15) is 0 Å². The van der Waals surface area contributed by atoms with Crippen molar-refractivity contribution in [2.45, 2.75) is 5.41 Å². The van der Waals surface area contributed by atoms with Crippen LogP contribution in [0.2, 0.25) is 0 Å². The van der Waals surface area contributed by atoms with Crippen LogP contribution in [0, 0.1) is 41.4 Å². The van der Waals surface area contributed by atoms with Crippen molar-refractivity contribution in [1.82, 2.24) is 0 Å². The fourth-order valence-electron chi connectivity index (χ4n) is 9.36. The molecule has 0 N–H and O–H groups in total. The molecule has 0 nitrogen and oxygen atoms in total. The van der Waals surface area contributed by atoms with Gasteiger partial charge in [0.2, 0.25) is 0 Å². The second-order valence-electron chi connectivity index (χ2n) is 12.3. The maximum atomic E-state index is 2.70. The summed E-state index contributed by atoms with van der Waals surface area (Å²) in [6.07, 6.45) is 12.8. The van der Waals surface area contributed by atoms with Gasteiger partial charge in [0.1, 0.15) is 0 Å². The van der Waals surface area contributed by atoms with Crippen LogP contribution in [0.3, 0.4) is 0 Å². The number of allylic oxidation sites excluding steroid dienone is 7. The Kier molecular flexibility index (Phi) is 4.76. The highest BCUT2D eigenvalue weighted by Crippen LogP contribution is 2.74. The van der Waals surface area contributed by atoms with E-state index in [0.29, 0.717) is 41.4 Å². The van der Waals surface area contributed by atoms with Gasteiger partial charge in [0.25, 0.3) is 0 Å². The maximum absolute atomic E-state index is 2.70. The third kappa shape index (κ3) is 2.82. The molecule has 0 aromatic heterocycles. The standard InChI is InChI=1S/C40H32/c1-5-13-26(14-6-1)35(27-15-7-2-8-16-27)38-37-32-23-24-33(32)39(38)40(29-17-9-3-10-18-29,30-19-11-4-12-20-30)34-25-28-21-22-31(28)36(34)37/h1-25,28,31-33,36-37,39H/t28-,31-,32+,33-,36+,37+,39+/m0/s1. The minimum Gasteiger partial charge on any atom is -0.0839 e. The van der Waals surface area contributed by atoms with Crippen LogP contribution in [0.15, 0.2) is 163 Å². The number of fused-ring (bicyclic) bond motifs is 9. The van der Waals surface area contributed by atoms with Crippen LogP contribution in [0.4, 0.5) is 0 Å². The summed E-state index contributed by atoms with van der Waals surface area (Å²) in [5.74, 6) is 3.71. The molecule has 0 saturated heterocycles. The summed E-state index contributed by atoms with van der Waals surface area (Å²) < 4.78 is 0. The van der Waals surface area contributed by atoms with Crippen molar-refractivity contribution >= 4 is 5.57 Å². The van der Waals surface area contributed by atoms with Crippen molar-refractivity contribution in [2.75, 3.05) is 0 Å². The molecular weight excluding hydrogens is 480 g/mol. The van der Waals surface area contributed by atoms with Crippen LogP contribution < -0.4 is 0 Å². The summed E-state index contributed by atoms with van der Waals surface area (Å²) in [6, 6.07) is 45.5. The first kappa shape index (κ1) is 22.6. The third-order valence-electron chi connectivity index (χ3n) is 10.8. The Bertz CT molecular complexity index is 1620. The Morgan fingerprint density at radius 3 is 1.45 bits per heavy atom. The van der Waals surface area contributed by atoms with Crippen LogP contribution in [0.5, 0.6) is 0 Å². The largest absolute Gasteiger partial charge is 0.0839 e. The topological polar surface area (TPSA) is 0 Å². The minimum atomic E-state index is -0.197. The van der Waals surface area contributed by atoms with Gasteiger partial charge >= 0.3 is 0 Å². The number of benzene rings is 4. The van der Waals surface area contributed by atoms with Crippen LogP contribution >= 0.6 is 0 Å². The molecular formula is C40H32. The fraction of sp³-hybridized carbons (Fsp3) is 0.200. The van der Waals surface area contributed by atoms with Crippen LogP contribution in [0.25, 0.3) is 5.57 Å². The van der Waals surface area contributed by atoms with Crippen molar-refractivity contribution in [3.05, 3.63) is 185 Å². The maximum Gasteiger partial charge on any atom is 0.0485 e. The monoisotopic (exact) mass is 512 g/mol. The summed E-state index contributed by atoms with van der Waals surface area (Å²) in [6.45, 7) is 0. The molecule has 0 heterocycles. The summed E-state index contributed by atoms with van der Waals surface area (Å²) in [4.78, 5) is 0. The van der Waals surface area contributed by atoms with E-state index < -0.39 is 0 Å². The highest BCUT2D eigenvalue weighted by Gasteiger charge is 2.69. The number of rotatable bonds is 4. The smallest absolute Gasteiger partial charge is 0.0485 e. The van der Waals surface area contributed by atoms with E-state index in [2.05, 4.69) is 152 Å². The Labute approximate surface area is 237 Å². The van der Waals surface area contributed by atoms with E-state index in [1.807, 2.05) is 0 Å². The summed E-state index contributed by atoms with van der Waals surface area (Å²) >= 11 is 0. The molecule has 5 aliphatic carbocycles. The van der Waals surface area contributed by atoms with Crippen molar-refractivity contribution in [3.8, 4) is 0 Å². The predicted octanol–water partition coefficient (Wildman–Crippen LogP) is 8.90. The van der Waals surface area contributed by atoms with E-state index >= 15 is 0 Å². The average Bonchev–Trinajstić information content (AvgIpc) is 3.35. The number of hydrogen-bond donors (Lipinski definition) is 0. The summed E-state index contributed by atoms with van der Waals surface area (Å²) in [5, 5.41) is 0. The Balaban J connectivity index is 1.45. The van der Waals surface area contributed by atoms with Gasteiger partial charge in [0.15, 0.2) is 0 Å². The van der Waals surface area contributed by atoms with Gasteiger partial charge in [0.05, 0.1) is 0 Å². The normalized spacial score (nSPS) is 31.4. The zero-order chi connectivity index (χ0) is 26.3. The Morgan fingerprint density at radius 2 is 0.975 bits per heavy atom. The predicted molar refractivity (Wildman–Crippen MR) is 163 cm³/mol. The quantitative estimate of drug-likeness (QED) is 0.240. The molecule has 192 valence electrons. The highest BCUT2D eigenvalue weighted by molar-refractivity contribution is 5.85. The second-order valence-corrected chi connectivity index (χ2v) is 12.3. The fourth-order valence-corrected chi connectivity index (χ4v) is 9.36. The zero-order valence-corrected chi connectivity index (χ0v) is 22.5. The van der Waals surface area contributed by atoms with Gasteiger partial charge in [-0.1, -0.05) is 163 Å². The van der Waals surface area contributed by atoms with E-state index in [1.165, 1.54) is 27.8 Å². The second kappa shape index (κ2) is 8.42. The molecule has 0 unspecified atom stereocenters. The molecule has 2 saturated carbocycles. The molecule has 5 aliphatic rings. The van der Waals surface area contributed by atoms with Crippen molar-refractivity contribution in [1.29, 1.82) is 0 Å². The molecule has 0 spiro atoms. The van der Waals surface area contributed by atoms with E-state index in [1.54, 1.807) is 11.1 Å². The molecule has 7 atom stereocenters.